The van der Waals surface area contributed by atoms with Crippen LogP contribution >= 0.6 is 0 Å². The van der Waals surface area contributed by atoms with Crippen LogP contribution in [0.1, 0.15) is 41.6 Å². The molecule has 0 fully saturated rings. The number of fused-ring (bicyclic) bond motifs is 1. The van der Waals surface area contributed by atoms with Crippen molar-refractivity contribution < 1.29 is 27.5 Å². The second-order valence-corrected chi connectivity index (χ2v) is 8.43. The lowest BCUT2D eigenvalue weighted by Gasteiger charge is -2.12. The standard InChI is InChI=1S/C27H24F3N7O3/c1-5-6-21(38)34-15(2)25-36-22(23-24(31-3)33-11-12-37(23)25)16-7-8-18(19(13-16)40-4)26(39)35-20-14-17(9-10-32-20)27(28,29)30/h7-15H,1-4H3,(H,31,33)(H,34,38)(H,32,35,39). The Balaban J connectivity index is 1.74. The third-order valence-electron chi connectivity index (χ3n) is 5.84. The number of carbonyl (C=O) groups excluding carboxylic acids is 2. The largest absolute Gasteiger partial charge is 0.496 e. The number of benzene rings is 1. The number of hydrogen-bond acceptors (Lipinski definition) is 7. The Bertz CT molecular complexity index is 1650. The number of methoxy groups -OCH3 is 1. The maximum Gasteiger partial charge on any atom is 0.416 e. The molecule has 3 N–H and O–H groups in total. The summed E-state index contributed by atoms with van der Waals surface area (Å²) in [5, 5.41) is 8.19. The van der Waals surface area contributed by atoms with Crippen LogP contribution in [0.15, 0.2) is 48.9 Å². The molecule has 0 aliphatic carbocycles. The van der Waals surface area contributed by atoms with Crippen molar-refractivity contribution in [3.8, 4) is 28.8 Å². The molecule has 0 radical (unpaired) electrons. The molecule has 40 heavy (non-hydrogen) atoms. The van der Waals surface area contributed by atoms with Gasteiger partial charge in [-0.3, -0.25) is 14.0 Å². The summed E-state index contributed by atoms with van der Waals surface area (Å²) in [4.78, 5) is 38.0. The number of halogens is 3. The Hall–Kier alpha value is -5.12. The Morgan fingerprint density at radius 1 is 1.12 bits per heavy atom. The summed E-state index contributed by atoms with van der Waals surface area (Å²) in [7, 11) is 3.07. The molecule has 13 heteroatoms. The lowest BCUT2D eigenvalue weighted by atomic mass is 10.1. The predicted molar refractivity (Wildman–Crippen MR) is 142 cm³/mol. The van der Waals surface area contributed by atoms with Gasteiger partial charge in [0.1, 0.15) is 28.6 Å². The van der Waals surface area contributed by atoms with Crippen LogP contribution in [-0.2, 0) is 11.0 Å². The zero-order valence-corrected chi connectivity index (χ0v) is 21.8. The van der Waals surface area contributed by atoms with Crippen LogP contribution in [0, 0.1) is 11.8 Å². The first-order chi connectivity index (χ1) is 19.1. The Kier molecular flexibility index (Phi) is 7.90. The van der Waals surface area contributed by atoms with Crippen LogP contribution < -0.4 is 20.7 Å². The van der Waals surface area contributed by atoms with Gasteiger partial charge in [0.2, 0.25) is 0 Å². The maximum absolute atomic E-state index is 13.1. The van der Waals surface area contributed by atoms with E-state index in [-0.39, 0.29) is 17.1 Å². The molecule has 0 saturated heterocycles. The fourth-order valence-corrected chi connectivity index (χ4v) is 4.05. The SMILES string of the molecule is CC#CC(=O)NC(C)c1nc(-c2ccc(C(=O)Nc3cc(C(F)(F)F)ccn3)c(OC)c2)c2c(NC)nccn12. The fourth-order valence-electron chi connectivity index (χ4n) is 4.05. The predicted octanol–water partition coefficient (Wildman–Crippen LogP) is 4.31. The van der Waals surface area contributed by atoms with Crippen molar-refractivity contribution in [1.82, 2.24) is 24.7 Å². The van der Waals surface area contributed by atoms with E-state index in [4.69, 9.17) is 9.72 Å². The zero-order valence-electron chi connectivity index (χ0n) is 21.8. The summed E-state index contributed by atoms with van der Waals surface area (Å²) in [5.74, 6) is 4.74. The van der Waals surface area contributed by atoms with E-state index >= 15 is 0 Å². The molecule has 0 saturated carbocycles. The molecule has 0 aliphatic rings. The van der Waals surface area contributed by atoms with Crippen LogP contribution in [-0.4, -0.2) is 45.3 Å². The highest BCUT2D eigenvalue weighted by Gasteiger charge is 2.31. The van der Waals surface area contributed by atoms with Crippen molar-refractivity contribution in [2.75, 3.05) is 24.8 Å². The number of alkyl halides is 3. The zero-order chi connectivity index (χ0) is 29.0. The van der Waals surface area contributed by atoms with E-state index in [1.54, 1.807) is 49.8 Å². The molecular formula is C27H24F3N7O3. The summed E-state index contributed by atoms with van der Waals surface area (Å²) in [6.45, 7) is 3.33. The van der Waals surface area contributed by atoms with E-state index in [1.807, 2.05) is 0 Å². The first-order valence-electron chi connectivity index (χ1n) is 11.9. The minimum atomic E-state index is -4.58. The number of nitrogens with zero attached hydrogens (tertiary/aromatic N) is 4. The molecular weight excluding hydrogens is 527 g/mol. The third-order valence-corrected chi connectivity index (χ3v) is 5.84. The van der Waals surface area contributed by atoms with Gasteiger partial charge in [-0.2, -0.15) is 13.2 Å². The Labute approximate surface area is 227 Å². The summed E-state index contributed by atoms with van der Waals surface area (Å²) in [6, 6.07) is 5.72. The van der Waals surface area contributed by atoms with Gasteiger partial charge in [0, 0.05) is 31.2 Å². The Morgan fingerprint density at radius 2 is 1.90 bits per heavy atom. The quantitative estimate of drug-likeness (QED) is 0.293. The minimum absolute atomic E-state index is 0.0694. The van der Waals surface area contributed by atoms with Crippen LogP contribution in [0.3, 0.4) is 0 Å². The van der Waals surface area contributed by atoms with E-state index in [2.05, 4.69) is 37.8 Å². The topological polar surface area (TPSA) is 123 Å². The van der Waals surface area contributed by atoms with Gasteiger partial charge in [0.05, 0.1) is 24.3 Å². The highest BCUT2D eigenvalue weighted by molar-refractivity contribution is 6.06. The number of amides is 2. The highest BCUT2D eigenvalue weighted by atomic mass is 19.4. The summed E-state index contributed by atoms with van der Waals surface area (Å²) in [6.07, 6.45) is -0.328. The number of ether oxygens (including phenoxy) is 1. The fraction of sp³-hybridized carbons (Fsp3) is 0.222. The number of imidazole rings is 1. The average Bonchev–Trinajstić information content (AvgIpc) is 3.32. The molecule has 0 spiro atoms. The summed E-state index contributed by atoms with van der Waals surface area (Å²) >= 11 is 0. The van der Waals surface area contributed by atoms with Gasteiger partial charge in [-0.1, -0.05) is 12.0 Å². The first kappa shape index (κ1) is 27.9. The van der Waals surface area contributed by atoms with Gasteiger partial charge < -0.3 is 20.7 Å². The van der Waals surface area contributed by atoms with Crippen LogP contribution in [0.4, 0.5) is 24.8 Å². The van der Waals surface area contributed by atoms with Crippen molar-refractivity contribution in [2.24, 2.45) is 0 Å². The number of anilines is 2. The number of aromatic nitrogens is 4. The molecule has 206 valence electrons. The number of nitrogens with one attached hydrogen (secondary N) is 3. The van der Waals surface area contributed by atoms with Gasteiger partial charge in [0.25, 0.3) is 11.8 Å². The van der Waals surface area contributed by atoms with E-state index in [0.29, 0.717) is 28.4 Å². The molecule has 10 nitrogen and oxygen atoms in total. The van der Waals surface area contributed by atoms with Gasteiger partial charge in [-0.25, -0.2) is 15.0 Å². The number of rotatable bonds is 7. The normalized spacial score (nSPS) is 11.8. The van der Waals surface area contributed by atoms with Crippen molar-refractivity contribution in [3.63, 3.8) is 0 Å². The van der Waals surface area contributed by atoms with Crippen molar-refractivity contribution in [2.45, 2.75) is 26.1 Å². The first-order valence-corrected chi connectivity index (χ1v) is 11.9. The van der Waals surface area contributed by atoms with Crippen molar-refractivity contribution >= 4 is 29.0 Å². The second kappa shape index (κ2) is 11.3. The molecule has 1 atom stereocenters. The summed E-state index contributed by atoms with van der Waals surface area (Å²) < 4.78 is 46.4. The smallest absolute Gasteiger partial charge is 0.416 e. The molecule has 0 bridgehead atoms. The van der Waals surface area contributed by atoms with Gasteiger partial charge in [0.15, 0.2) is 5.82 Å². The van der Waals surface area contributed by atoms with Gasteiger partial charge in [-0.15, -0.1) is 0 Å². The van der Waals surface area contributed by atoms with Gasteiger partial charge in [-0.05, 0) is 44.0 Å². The van der Waals surface area contributed by atoms with E-state index in [0.717, 1.165) is 18.3 Å². The van der Waals surface area contributed by atoms with E-state index < -0.39 is 29.6 Å². The molecule has 2 amide bonds. The minimum Gasteiger partial charge on any atom is -0.496 e. The van der Waals surface area contributed by atoms with Crippen LogP contribution in [0.5, 0.6) is 5.75 Å². The monoisotopic (exact) mass is 551 g/mol. The van der Waals surface area contributed by atoms with E-state index in [1.165, 1.54) is 13.2 Å². The molecule has 3 aromatic heterocycles. The lowest BCUT2D eigenvalue weighted by molar-refractivity contribution is -0.137. The van der Waals surface area contributed by atoms with Crippen LogP contribution in [0.25, 0.3) is 16.8 Å². The molecule has 0 aliphatic heterocycles. The second-order valence-electron chi connectivity index (χ2n) is 8.43. The lowest BCUT2D eigenvalue weighted by Crippen LogP contribution is -2.26. The average molecular weight is 552 g/mol. The number of carbonyl (C=O) groups is 2. The maximum atomic E-state index is 13.1. The van der Waals surface area contributed by atoms with Crippen molar-refractivity contribution in [1.29, 1.82) is 0 Å². The van der Waals surface area contributed by atoms with Crippen LogP contribution in [0.2, 0.25) is 0 Å². The van der Waals surface area contributed by atoms with Crippen molar-refractivity contribution in [3.05, 3.63) is 65.9 Å². The molecule has 1 unspecified atom stereocenters. The van der Waals surface area contributed by atoms with E-state index in [9.17, 15) is 22.8 Å². The number of hydrogen-bond donors (Lipinski definition) is 3. The third kappa shape index (κ3) is 5.65. The Morgan fingerprint density at radius 3 is 2.58 bits per heavy atom. The molecule has 4 rings (SSSR count). The molecule has 1 aromatic carbocycles. The van der Waals surface area contributed by atoms with Gasteiger partial charge >= 0.3 is 6.18 Å². The summed E-state index contributed by atoms with van der Waals surface area (Å²) in [5.41, 5.74) is 0.782. The number of pyridine rings is 1. The molecule has 4 aromatic rings. The molecule has 3 heterocycles. The highest BCUT2D eigenvalue weighted by Crippen LogP contribution is 2.34.